The van der Waals surface area contributed by atoms with Crippen molar-refractivity contribution in [2.45, 2.75) is 38.8 Å². The van der Waals surface area contributed by atoms with Crippen molar-refractivity contribution < 1.29 is 23.8 Å². The van der Waals surface area contributed by atoms with E-state index >= 15 is 0 Å². The van der Waals surface area contributed by atoms with E-state index in [0.717, 1.165) is 0 Å². The minimum atomic E-state index is -1.26. The number of hydrogen-bond donors (Lipinski definition) is 2. The van der Waals surface area contributed by atoms with Gasteiger partial charge >= 0.3 is 12.1 Å². The Bertz CT molecular complexity index is 542. The van der Waals surface area contributed by atoms with Gasteiger partial charge in [0.05, 0.1) is 0 Å². The number of hydrogen-bond acceptors (Lipinski definition) is 3. The zero-order valence-electron chi connectivity index (χ0n) is 11.9. The number of carbonyl (C=O) groups excluding carboxylic acids is 1. The third-order valence-corrected chi connectivity index (χ3v) is 3.28. The number of rotatable bonds is 4. The van der Waals surface area contributed by atoms with Gasteiger partial charge in [-0.25, -0.2) is 14.0 Å². The lowest BCUT2D eigenvalue weighted by atomic mass is 10.1. The summed E-state index contributed by atoms with van der Waals surface area (Å²) in [5.41, 5.74) is -0.508. The highest BCUT2D eigenvalue weighted by atomic mass is 127. The smallest absolute Gasteiger partial charge is 0.408 e. The van der Waals surface area contributed by atoms with Crippen molar-refractivity contribution in [2.24, 2.45) is 0 Å². The highest BCUT2D eigenvalue weighted by Crippen LogP contribution is 2.17. The molecule has 0 spiro atoms. The molecule has 0 fully saturated rings. The molecule has 1 atom stereocenters. The fourth-order valence-corrected chi connectivity index (χ4v) is 2.13. The number of nitrogens with one attached hydrogen (secondary N) is 1. The molecule has 0 saturated heterocycles. The van der Waals surface area contributed by atoms with Crippen LogP contribution in [0.2, 0.25) is 0 Å². The standard InChI is InChI=1S/C14H17FINO4/c1-14(2,3)21-13(20)17-10(12(18)19)7-8-5-4-6-9(16)11(8)15/h4-6,10H,7H2,1-3H3,(H,17,20)(H,18,19)/t10-/m0/s1. The summed E-state index contributed by atoms with van der Waals surface area (Å²) in [6, 6.07) is 3.44. The number of carboxylic acid groups (broad SMARTS) is 1. The second-order valence-electron chi connectivity index (χ2n) is 5.45. The molecular weight excluding hydrogens is 392 g/mol. The Morgan fingerprint density at radius 2 is 2.05 bits per heavy atom. The third-order valence-electron chi connectivity index (χ3n) is 2.44. The minimum absolute atomic E-state index is 0.156. The minimum Gasteiger partial charge on any atom is -0.480 e. The second-order valence-corrected chi connectivity index (χ2v) is 6.62. The number of alkyl carbamates (subject to hydrolysis) is 1. The Hall–Kier alpha value is -1.38. The number of benzene rings is 1. The fourth-order valence-electron chi connectivity index (χ4n) is 1.58. The molecule has 0 aliphatic rings. The zero-order valence-corrected chi connectivity index (χ0v) is 14.1. The average Bonchev–Trinajstić information content (AvgIpc) is 2.31. The van der Waals surface area contributed by atoms with Crippen LogP contribution >= 0.6 is 22.6 Å². The normalized spacial score (nSPS) is 12.6. The molecule has 0 saturated carbocycles. The lowest BCUT2D eigenvalue weighted by molar-refractivity contribution is -0.139. The third kappa shape index (κ3) is 5.86. The molecule has 21 heavy (non-hydrogen) atoms. The van der Waals surface area contributed by atoms with Gasteiger partial charge in [0, 0.05) is 9.99 Å². The van der Waals surface area contributed by atoms with Crippen LogP contribution < -0.4 is 5.32 Å². The van der Waals surface area contributed by atoms with E-state index in [9.17, 15) is 14.0 Å². The molecule has 5 nitrogen and oxygen atoms in total. The fraction of sp³-hybridized carbons (Fsp3) is 0.429. The molecule has 1 rings (SSSR count). The Labute approximate surface area is 136 Å². The van der Waals surface area contributed by atoms with E-state index in [-0.39, 0.29) is 12.0 Å². The van der Waals surface area contributed by atoms with Gasteiger partial charge in [-0.05, 0) is 55.0 Å². The Kier molecular flexibility index (Phi) is 5.94. The molecule has 1 aromatic rings. The summed E-state index contributed by atoms with van der Waals surface area (Å²) >= 11 is 1.82. The van der Waals surface area contributed by atoms with Crippen molar-refractivity contribution in [3.8, 4) is 0 Å². The summed E-state index contributed by atoms with van der Waals surface area (Å²) < 4.78 is 19.3. The van der Waals surface area contributed by atoms with Gasteiger partial charge in [-0.1, -0.05) is 12.1 Å². The predicted molar refractivity (Wildman–Crippen MR) is 83.6 cm³/mol. The number of ether oxygens (including phenoxy) is 1. The van der Waals surface area contributed by atoms with E-state index in [4.69, 9.17) is 9.84 Å². The molecule has 2 N–H and O–H groups in total. The lowest BCUT2D eigenvalue weighted by Gasteiger charge is -2.22. The number of carboxylic acids is 1. The van der Waals surface area contributed by atoms with E-state index in [1.807, 2.05) is 22.6 Å². The zero-order chi connectivity index (χ0) is 16.2. The van der Waals surface area contributed by atoms with Crippen molar-refractivity contribution in [1.29, 1.82) is 0 Å². The van der Waals surface area contributed by atoms with Gasteiger partial charge in [0.1, 0.15) is 17.5 Å². The summed E-state index contributed by atoms with van der Waals surface area (Å²) in [5, 5.41) is 11.4. The second kappa shape index (κ2) is 7.06. The lowest BCUT2D eigenvalue weighted by Crippen LogP contribution is -2.44. The van der Waals surface area contributed by atoms with E-state index in [2.05, 4.69) is 5.32 Å². The first-order valence-electron chi connectivity index (χ1n) is 6.25. The highest BCUT2D eigenvalue weighted by molar-refractivity contribution is 14.1. The highest BCUT2D eigenvalue weighted by Gasteiger charge is 2.25. The maximum absolute atomic E-state index is 13.9. The molecule has 0 heterocycles. The number of amides is 1. The van der Waals surface area contributed by atoms with Crippen LogP contribution in [0.3, 0.4) is 0 Å². The monoisotopic (exact) mass is 409 g/mol. The molecule has 1 amide bonds. The maximum atomic E-state index is 13.9. The van der Waals surface area contributed by atoms with Gasteiger partial charge in [0.25, 0.3) is 0 Å². The molecule has 1 aromatic carbocycles. The molecule has 116 valence electrons. The van der Waals surface area contributed by atoms with Crippen LogP contribution in [0.4, 0.5) is 9.18 Å². The van der Waals surface area contributed by atoms with E-state index in [1.165, 1.54) is 6.07 Å². The van der Waals surface area contributed by atoms with Crippen LogP contribution in [0, 0.1) is 9.39 Å². The van der Waals surface area contributed by atoms with Crippen LogP contribution in [0.5, 0.6) is 0 Å². The molecule has 0 unspecified atom stereocenters. The number of aliphatic carboxylic acids is 1. The maximum Gasteiger partial charge on any atom is 0.408 e. The topological polar surface area (TPSA) is 75.6 Å². The predicted octanol–water partition coefficient (Wildman–Crippen LogP) is 2.95. The van der Waals surface area contributed by atoms with Crippen LogP contribution in [-0.4, -0.2) is 28.8 Å². The van der Waals surface area contributed by atoms with Gasteiger partial charge in [-0.2, -0.15) is 0 Å². The Morgan fingerprint density at radius 1 is 1.43 bits per heavy atom. The van der Waals surface area contributed by atoms with E-state index in [1.54, 1.807) is 32.9 Å². The van der Waals surface area contributed by atoms with Crippen molar-refractivity contribution in [3.05, 3.63) is 33.1 Å². The van der Waals surface area contributed by atoms with Crippen LogP contribution in [-0.2, 0) is 16.0 Å². The summed E-state index contributed by atoms with van der Waals surface area (Å²) in [6.45, 7) is 5.00. The van der Waals surface area contributed by atoms with Gasteiger partial charge in [0.15, 0.2) is 0 Å². The van der Waals surface area contributed by atoms with Crippen LogP contribution in [0.15, 0.2) is 18.2 Å². The molecule has 0 radical (unpaired) electrons. The summed E-state index contributed by atoms with van der Waals surface area (Å²) in [6.07, 6.45) is -1.00. The quantitative estimate of drug-likeness (QED) is 0.750. The van der Waals surface area contributed by atoms with Crippen molar-refractivity contribution in [1.82, 2.24) is 5.32 Å². The first-order chi connectivity index (χ1) is 9.60. The molecular formula is C14H17FINO4. The van der Waals surface area contributed by atoms with Crippen LogP contribution in [0.1, 0.15) is 26.3 Å². The molecule has 7 heteroatoms. The van der Waals surface area contributed by atoms with Gasteiger partial charge in [-0.3, -0.25) is 0 Å². The SMILES string of the molecule is CC(C)(C)OC(=O)N[C@@H](Cc1cccc(I)c1F)C(=O)O. The van der Waals surface area contributed by atoms with Crippen molar-refractivity contribution in [3.63, 3.8) is 0 Å². The number of halogens is 2. The van der Waals surface area contributed by atoms with Gasteiger partial charge in [0.2, 0.25) is 0 Å². The molecule has 0 aromatic heterocycles. The van der Waals surface area contributed by atoms with Crippen molar-refractivity contribution >= 4 is 34.7 Å². The molecule has 0 bridgehead atoms. The largest absolute Gasteiger partial charge is 0.480 e. The summed E-state index contributed by atoms with van der Waals surface area (Å²) in [5.74, 6) is -1.73. The average molecular weight is 409 g/mol. The number of carbonyl (C=O) groups is 2. The first kappa shape index (κ1) is 17.7. The Morgan fingerprint density at radius 3 is 2.57 bits per heavy atom. The van der Waals surface area contributed by atoms with Gasteiger partial charge < -0.3 is 15.2 Å². The summed E-state index contributed by atoms with van der Waals surface area (Å²) in [4.78, 5) is 22.8. The van der Waals surface area contributed by atoms with Crippen LogP contribution in [0.25, 0.3) is 0 Å². The summed E-state index contributed by atoms with van der Waals surface area (Å²) in [7, 11) is 0. The molecule has 0 aliphatic carbocycles. The first-order valence-corrected chi connectivity index (χ1v) is 7.33. The van der Waals surface area contributed by atoms with E-state index in [0.29, 0.717) is 3.57 Å². The van der Waals surface area contributed by atoms with Gasteiger partial charge in [-0.15, -0.1) is 0 Å². The van der Waals surface area contributed by atoms with Crippen molar-refractivity contribution in [2.75, 3.05) is 0 Å². The Balaban J connectivity index is 2.82. The molecule has 0 aliphatic heterocycles. The van der Waals surface area contributed by atoms with E-state index < -0.39 is 29.5 Å².